The van der Waals surface area contributed by atoms with Gasteiger partial charge in [-0.2, -0.15) is 0 Å². The standard InChI is InChI=1S/C17H29N3O4/c18-15(21)12-19-17(23)14(10-13-4-2-1-3-5-13)11-16(22)20-6-8-24-9-7-20/h13-14H,1-12H2,(H2,18,21)(H,19,23). The zero-order chi connectivity index (χ0) is 17.4. The fraction of sp³-hybridized carbons (Fsp3) is 0.824. The van der Waals surface area contributed by atoms with Crippen molar-refractivity contribution in [3.63, 3.8) is 0 Å². The highest BCUT2D eigenvalue weighted by Gasteiger charge is 2.29. The maximum atomic E-state index is 12.5. The van der Waals surface area contributed by atoms with Crippen molar-refractivity contribution in [3.05, 3.63) is 0 Å². The van der Waals surface area contributed by atoms with Gasteiger partial charge in [-0.15, -0.1) is 0 Å². The van der Waals surface area contributed by atoms with Crippen LogP contribution in [0.1, 0.15) is 44.9 Å². The molecule has 24 heavy (non-hydrogen) atoms. The third-order valence-corrected chi connectivity index (χ3v) is 4.94. The molecule has 3 N–H and O–H groups in total. The molecule has 0 aromatic rings. The number of nitrogens with one attached hydrogen (secondary N) is 1. The molecule has 1 unspecified atom stereocenters. The van der Waals surface area contributed by atoms with Crippen LogP contribution in [0.4, 0.5) is 0 Å². The number of carbonyl (C=O) groups is 3. The SMILES string of the molecule is NC(=O)CNC(=O)C(CC(=O)N1CCOCC1)CC1CCCCC1. The van der Waals surface area contributed by atoms with E-state index in [4.69, 9.17) is 10.5 Å². The molecule has 7 heteroatoms. The first-order chi connectivity index (χ1) is 11.6. The second-order valence-corrected chi connectivity index (χ2v) is 6.82. The number of amides is 3. The average Bonchev–Trinajstić information content (AvgIpc) is 2.60. The van der Waals surface area contributed by atoms with Gasteiger partial charge in [0.05, 0.1) is 19.8 Å². The Balaban J connectivity index is 1.93. The van der Waals surface area contributed by atoms with E-state index in [2.05, 4.69) is 5.32 Å². The third-order valence-electron chi connectivity index (χ3n) is 4.94. The molecule has 2 fully saturated rings. The summed E-state index contributed by atoms with van der Waals surface area (Å²) in [4.78, 5) is 37.6. The monoisotopic (exact) mass is 339 g/mol. The van der Waals surface area contributed by atoms with Gasteiger partial charge in [0, 0.05) is 25.4 Å². The Morgan fingerprint density at radius 2 is 1.79 bits per heavy atom. The molecule has 1 atom stereocenters. The lowest BCUT2D eigenvalue weighted by molar-refractivity contribution is -0.140. The number of carbonyl (C=O) groups excluding carboxylic acids is 3. The van der Waals surface area contributed by atoms with E-state index in [1.807, 2.05) is 0 Å². The van der Waals surface area contributed by atoms with Crippen LogP contribution in [-0.4, -0.2) is 55.5 Å². The minimum atomic E-state index is -0.570. The summed E-state index contributed by atoms with van der Waals surface area (Å²) >= 11 is 0. The van der Waals surface area contributed by atoms with Gasteiger partial charge in [-0.1, -0.05) is 32.1 Å². The van der Waals surface area contributed by atoms with Gasteiger partial charge in [0.15, 0.2) is 0 Å². The number of ether oxygens (including phenoxy) is 1. The molecular weight excluding hydrogens is 310 g/mol. The second-order valence-electron chi connectivity index (χ2n) is 6.82. The number of rotatable bonds is 7. The van der Waals surface area contributed by atoms with Crippen molar-refractivity contribution < 1.29 is 19.1 Å². The average molecular weight is 339 g/mol. The summed E-state index contributed by atoms with van der Waals surface area (Å²) in [5.41, 5.74) is 5.10. The van der Waals surface area contributed by atoms with Crippen molar-refractivity contribution in [2.45, 2.75) is 44.9 Å². The van der Waals surface area contributed by atoms with Crippen LogP contribution in [0.5, 0.6) is 0 Å². The molecule has 136 valence electrons. The molecule has 0 aromatic carbocycles. The maximum Gasteiger partial charge on any atom is 0.236 e. The van der Waals surface area contributed by atoms with Gasteiger partial charge in [0.2, 0.25) is 17.7 Å². The minimum absolute atomic E-state index is 0.00617. The van der Waals surface area contributed by atoms with Gasteiger partial charge in [-0.25, -0.2) is 0 Å². The summed E-state index contributed by atoms with van der Waals surface area (Å²) in [6.45, 7) is 2.08. The number of hydrogen-bond donors (Lipinski definition) is 2. The normalized spacial score (nSPS) is 20.4. The van der Waals surface area contributed by atoms with Crippen LogP contribution in [0.3, 0.4) is 0 Å². The molecule has 0 radical (unpaired) electrons. The van der Waals surface area contributed by atoms with Crippen molar-refractivity contribution in [1.29, 1.82) is 0 Å². The predicted molar refractivity (Wildman–Crippen MR) is 88.9 cm³/mol. The summed E-state index contributed by atoms with van der Waals surface area (Å²) in [6.07, 6.45) is 6.77. The van der Waals surface area contributed by atoms with Crippen LogP contribution in [0.2, 0.25) is 0 Å². The Bertz CT molecular complexity index is 443. The van der Waals surface area contributed by atoms with Crippen LogP contribution in [0.15, 0.2) is 0 Å². The summed E-state index contributed by atoms with van der Waals surface area (Å²) in [5.74, 6) is -0.711. The van der Waals surface area contributed by atoms with E-state index >= 15 is 0 Å². The lowest BCUT2D eigenvalue weighted by Gasteiger charge is -2.30. The van der Waals surface area contributed by atoms with Crippen molar-refractivity contribution in [3.8, 4) is 0 Å². The third kappa shape index (κ3) is 6.11. The summed E-state index contributed by atoms with van der Waals surface area (Å²) in [6, 6.07) is 0. The van der Waals surface area contributed by atoms with E-state index in [1.54, 1.807) is 4.90 Å². The molecule has 2 rings (SSSR count). The molecular formula is C17H29N3O4. The highest BCUT2D eigenvalue weighted by molar-refractivity contribution is 5.88. The number of primary amides is 1. The summed E-state index contributed by atoms with van der Waals surface area (Å²) < 4.78 is 5.26. The molecule has 1 heterocycles. The molecule has 2 aliphatic rings. The molecule has 0 bridgehead atoms. The van der Waals surface area contributed by atoms with E-state index in [9.17, 15) is 14.4 Å². The Morgan fingerprint density at radius 1 is 1.12 bits per heavy atom. The van der Waals surface area contributed by atoms with Crippen LogP contribution < -0.4 is 11.1 Å². The first kappa shape index (κ1) is 18.7. The van der Waals surface area contributed by atoms with Gasteiger partial charge >= 0.3 is 0 Å². The fourth-order valence-electron chi connectivity index (χ4n) is 3.58. The van der Waals surface area contributed by atoms with Crippen LogP contribution >= 0.6 is 0 Å². The van der Waals surface area contributed by atoms with Crippen molar-refractivity contribution >= 4 is 17.7 Å². The zero-order valence-corrected chi connectivity index (χ0v) is 14.3. The van der Waals surface area contributed by atoms with Crippen LogP contribution in [0.25, 0.3) is 0 Å². The van der Waals surface area contributed by atoms with E-state index < -0.39 is 5.91 Å². The second kappa shape index (κ2) is 9.61. The Kier molecular flexibility index (Phi) is 7.49. The molecule has 1 saturated carbocycles. The first-order valence-corrected chi connectivity index (χ1v) is 8.98. The van der Waals surface area contributed by atoms with Crippen molar-refractivity contribution in [2.24, 2.45) is 17.6 Å². The summed E-state index contributed by atoms with van der Waals surface area (Å²) in [5, 5.41) is 2.57. The minimum Gasteiger partial charge on any atom is -0.378 e. The number of nitrogens with two attached hydrogens (primary N) is 1. The Labute approximate surface area is 143 Å². The lowest BCUT2D eigenvalue weighted by Crippen LogP contribution is -2.44. The number of morpholine rings is 1. The van der Waals surface area contributed by atoms with Gasteiger partial charge in [-0.3, -0.25) is 14.4 Å². The highest BCUT2D eigenvalue weighted by Crippen LogP contribution is 2.30. The van der Waals surface area contributed by atoms with Crippen LogP contribution in [0, 0.1) is 11.8 Å². The van der Waals surface area contributed by atoms with Gasteiger partial charge in [0.1, 0.15) is 0 Å². The highest BCUT2D eigenvalue weighted by atomic mass is 16.5. The molecule has 1 aliphatic heterocycles. The van der Waals surface area contributed by atoms with E-state index in [0.29, 0.717) is 38.6 Å². The maximum absolute atomic E-state index is 12.5. The molecule has 7 nitrogen and oxygen atoms in total. The zero-order valence-electron chi connectivity index (χ0n) is 14.3. The Hall–Kier alpha value is -1.63. The largest absolute Gasteiger partial charge is 0.378 e. The molecule has 0 aromatic heterocycles. The van der Waals surface area contributed by atoms with Gasteiger partial charge in [-0.05, 0) is 12.3 Å². The van der Waals surface area contributed by atoms with Crippen molar-refractivity contribution in [1.82, 2.24) is 10.2 Å². The summed E-state index contributed by atoms with van der Waals surface area (Å²) in [7, 11) is 0. The van der Waals surface area contributed by atoms with Gasteiger partial charge in [0.25, 0.3) is 0 Å². The number of nitrogens with zero attached hydrogens (tertiary/aromatic N) is 1. The topological polar surface area (TPSA) is 102 Å². The van der Waals surface area contributed by atoms with E-state index in [1.165, 1.54) is 19.3 Å². The molecule has 0 spiro atoms. The van der Waals surface area contributed by atoms with E-state index in [0.717, 1.165) is 12.8 Å². The van der Waals surface area contributed by atoms with Crippen LogP contribution in [-0.2, 0) is 19.1 Å². The Morgan fingerprint density at radius 3 is 2.42 bits per heavy atom. The predicted octanol–water partition coefficient (Wildman–Crippen LogP) is 0.423. The quantitative estimate of drug-likeness (QED) is 0.702. The molecule has 3 amide bonds. The molecule has 1 aliphatic carbocycles. The van der Waals surface area contributed by atoms with Crippen molar-refractivity contribution in [2.75, 3.05) is 32.8 Å². The smallest absolute Gasteiger partial charge is 0.236 e. The van der Waals surface area contributed by atoms with Gasteiger partial charge < -0.3 is 20.7 Å². The first-order valence-electron chi connectivity index (χ1n) is 8.98. The lowest BCUT2D eigenvalue weighted by atomic mass is 9.81. The fourth-order valence-corrected chi connectivity index (χ4v) is 3.58. The van der Waals surface area contributed by atoms with E-state index in [-0.39, 0.29) is 30.7 Å². The number of hydrogen-bond acceptors (Lipinski definition) is 4. The molecule has 1 saturated heterocycles.